The first-order valence-corrected chi connectivity index (χ1v) is 19.1. The predicted molar refractivity (Wildman–Crippen MR) is 206 cm³/mol. The van der Waals surface area contributed by atoms with Crippen molar-refractivity contribution in [2.24, 2.45) is 10.9 Å². The smallest absolute Gasteiger partial charge is 0.350 e. The van der Waals surface area contributed by atoms with Crippen LogP contribution in [-0.2, 0) is 26.4 Å². The van der Waals surface area contributed by atoms with Crippen LogP contribution in [0.1, 0.15) is 75.1 Å². The van der Waals surface area contributed by atoms with E-state index in [1.807, 2.05) is 62.7 Å². The van der Waals surface area contributed by atoms with Gasteiger partial charge in [-0.15, -0.1) is 0 Å². The Hall–Kier alpha value is -4.02. The third-order valence-corrected chi connectivity index (χ3v) is 11.1. The van der Waals surface area contributed by atoms with E-state index in [1.165, 1.54) is 18.4 Å². The van der Waals surface area contributed by atoms with Gasteiger partial charge in [0.25, 0.3) is 0 Å². The first kappa shape index (κ1) is 36.3. The minimum absolute atomic E-state index is 0.0861. The molecule has 0 N–H and O–H groups in total. The fourth-order valence-electron chi connectivity index (χ4n) is 7.58. The van der Waals surface area contributed by atoms with Crippen LogP contribution in [0.5, 0.6) is 0 Å². The number of ether oxygens (including phenoxy) is 3. The maximum atomic E-state index is 12.8. The summed E-state index contributed by atoms with van der Waals surface area (Å²) >= 11 is 6.77. The second-order valence-corrected chi connectivity index (χ2v) is 14.9. The van der Waals surface area contributed by atoms with Gasteiger partial charge in [0.15, 0.2) is 0 Å². The molecule has 52 heavy (non-hydrogen) atoms. The van der Waals surface area contributed by atoms with Crippen molar-refractivity contribution in [3.63, 3.8) is 0 Å². The van der Waals surface area contributed by atoms with E-state index in [2.05, 4.69) is 58.4 Å². The molecule has 3 aliphatic heterocycles. The molecule has 4 atom stereocenters. The number of rotatable bonds is 12. The Balaban J connectivity index is 0.880. The van der Waals surface area contributed by atoms with E-state index in [0.29, 0.717) is 36.6 Å². The van der Waals surface area contributed by atoms with Crippen LogP contribution in [-0.4, -0.2) is 63.9 Å². The Morgan fingerprint density at radius 2 is 1.92 bits per heavy atom. The standard InChI is InChI=1S/C42H50ClN5O4/c1-4-31(3)48-41(49)47(29-45-48)36-10-8-32(9-11-36)25-33-18-22-46(23-19-33)35-12-14-37(15-13-35)50-27-38-28-51-42(52-38,26-34-6-5-20-44-21-17-34)39-16-7-30(2)24-40(39)43/h6-12,14-17,20-21,24,29,31,33,35,38H,4-5,13,18-19,22-23,25-28H2,1-3H3/t31?,35?,38-,42-/m1/s1. The van der Waals surface area contributed by atoms with Crippen LogP contribution in [0, 0.1) is 12.8 Å². The fourth-order valence-corrected chi connectivity index (χ4v) is 7.96. The molecule has 4 heterocycles. The van der Waals surface area contributed by atoms with Crippen LogP contribution in [0.3, 0.4) is 0 Å². The molecule has 3 aromatic rings. The molecule has 1 aliphatic carbocycles. The molecular formula is C42H50ClN5O4. The first-order chi connectivity index (χ1) is 25.3. The highest BCUT2D eigenvalue weighted by atomic mass is 35.5. The van der Waals surface area contributed by atoms with E-state index in [0.717, 1.165) is 66.9 Å². The summed E-state index contributed by atoms with van der Waals surface area (Å²) in [7, 11) is 0. The van der Waals surface area contributed by atoms with Crippen LogP contribution in [0.25, 0.3) is 5.69 Å². The number of aryl methyl sites for hydroxylation is 1. The number of hydrogen-bond acceptors (Lipinski definition) is 7. The molecule has 0 amide bonds. The summed E-state index contributed by atoms with van der Waals surface area (Å²) in [4.78, 5) is 19.7. The molecule has 2 fully saturated rings. The summed E-state index contributed by atoms with van der Waals surface area (Å²) in [6.07, 6.45) is 22.4. The first-order valence-electron chi connectivity index (χ1n) is 18.8. The van der Waals surface area contributed by atoms with Crippen molar-refractivity contribution in [3.8, 4) is 5.69 Å². The minimum Gasteiger partial charge on any atom is -0.491 e. The molecule has 0 saturated carbocycles. The van der Waals surface area contributed by atoms with Gasteiger partial charge in [0.05, 0.1) is 18.3 Å². The fraction of sp³-hybridized carbons (Fsp3) is 0.452. The molecule has 1 aromatic heterocycles. The molecule has 10 heteroatoms. The molecule has 2 unspecified atom stereocenters. The highest BCUT2D eigenvalue weighted by Crippen LogP contribution is 2.43. The predicted octanol–water partition coefficient (Wildman–Crippen LogP) is 8.02. The van der Waals surface area contributed by atoms with Gasteiger partial charge >= 0.3 is 5.69 Å². The third-order valence-electron chi connectivity index (χ3n) is 10.8. The topological polar surface area (TPSA) is 83.1 Å². The number of hydrogen-bond donors (Lipinski definition) is 0. The lowest BCUT2D eigenvalue weighted by Crippen LogP contribution is -2.41. The molecule has 7 rings (SSSR count). The minimum atomic E-state index is -0.990. The Kier molecular flexibility index (Phi) is 11.4. The van der Waals surface area contributed by atoms with Gasteiger partial charge in [-0.3, -0.25) is 9.89 Å². The normalized spacial score (nSPS) is 24.5. The Morgan fingerprint density at radius 1 is 1.10 bits per heavy atom. The van der Waals surface area contributed by atoms with Gasteiger partial charge in [-0.1, -0.05) is 54.9 Å². The summed E-state index contributed by atoms with van der Waals surface area (Å²) in [5, 5.41) is 4.96. The van der Waals surface area contributed by atoms with E-state index < -0.39 is 5.79 Å². The average molecular weight is 724 g/mol. The van der Waals surface area contributed by atoms with E-state index in [9.17, 15) is 4.79 Å². The van der Waals surface area contributed by atoms with Gasteiger partial charge in [0, 0.05) is 41.9 Å². The van der Waals surface area contributed by atoms with Gasteiger partial charge in [0.2, 0.25) is 5.79 Å². The summed E-state index contributed by atoms with van der Waals surface area (Å²) < 4.78 is 22.6. The number of benzene rings is 2. The van der Waals surface area contributed by atoms with E-state index in [-0.39, 0.29) is 17.8 Å². The summed E-state index contributed by atoms with van der Waals surface area (Å²) in [6.45, 7) is 9.09. The number of aromatic nitrogens is 3. The quantitative estimate of drug-likeness (QED) is 0.188. The van der Waals surface area contributed by atoms with Crippen LogP contribution in [0.4, 0.5) is 0 Å². The summed E-state index contributed by atoms with van der Waals surface area (Å²) in [5.41, 5.74) is 5.11. The number of piperidine rings is 1. The molecule has 2 saturated heterocycles. The maximum absolute atomic E-state index is 12.8. The zero-order valence-corrected chi connectivity index (χ0v) is 31.3. The van der Waals surface area contributed by atoms with Crippen molar-refractivity contribution in [3.05, 3.63) is 129 Å². The zero-order valence-electron chi connectivity index (χ0n) is 30.5. The molecule has 4 aliphatic rings. The average Bonchev–Trinajstić information content (AvgIpc) is 3.65. The lowest BCUT2D eigenvalue weighted by atomic mass is 9.89. The van der Waals surface area contributed by atoms with Gasteiger partial charge < -0.3 is 14.2 Å². The Labute approximate surface area is 311 Å². The summed E-state index contributed by atoms with van der Waals surface area (Å²) in [6, 6.07) is 14.9. The van der Waals surface area contributed by atoms with Crippen LogP contribution >= 0.6 is 11.6 Å². The van der Waals surface area contributed by atoms with Gasteiger partial charge in [-0.25, -0.2) is 14.0 Å². The Bertz CT molecular complexity index is 1920. The van der Waals surface area contributed by atoms with Crippen molar-refractivity contribution in [2.75, 3.05) is 26.3 Å². The molecule has 274 valence electrons. The summed E-state index contributed by atoms with van der Waals surface area (Å²) in [5.74, 6) is 0.541. The lowest BCUT2D eigenvalue weighted by Gasteiger charge is -2.37. The SMILES string of the molecule is CCC(C)n1ncn(-c2ccc(CC3CCN(C4C=CC(OC[C@@H]5CO[C@@](CC6=CCC=NC=C6)(c6ccc(C)cc6Cl)O5)=CC4)CC3)cc2)c1=O. The van der Waals surface area contributed by atoms with Crippen molar-refractivity contribution in [1.82, 2.24) is 19.2 Å². The maximum Gasteiger partial charge on any atom is 0.350 e. The second kappa shape index (κ2) is 16.3. The van der Waals surface area contributed by atoms with E-state index >= 15 is 0 Å². The molecule has 0 radical (unpaired) electrons. The lowest BCUT2D eigenvalue weighted by molar-refractivity contribution is -0.179. The van der Waals surface area contributed by atoms with Gasteiger partial charge in [-0.2, -0.15) is 5.10 Å². The van der Waals surface area contributed by atoms with Crippen LogP contribution in [0.2, 0.25) is 5.02 Å². The number of nitrogens with zero attached hydrogens (tertiary/aromatic N) is 5. The van der Waals surface area contributed by atoms with E-state index in [1.54, 1.807) is 15.6 Å². The van der Waals surface area contributed by atoms with Crippen molar-refractivity contribution >= 4 is 17.8 Å². The van der Waals surface area contributed by atoms with Gasteiger partial charge in [0.1, 0.15) is 24.8 Å². The number of likely N-dealkylation sites (tertiary alicyclic amines) is 1. The monoisotopic (exact) mass is 723 g/mol. The second-order valence-electron chi connectivity index (χ2n) is 14.5. The number of aliphatic imine (C=N–C) groups is 1. The van der Waals surface area contributed by atoms with Crippen LogP contribution in [0.15, 0.2) is 106 Å². The third kappa shape index (κ3) is 8.28. The number of halogens is 1. The molecule has 2 aromatic carbocycles. The van der Waals surface area contributed by atoms with Crippen molar-refractivity contribution < 1.29 is 14.2 Å². The zero-order chi connectivity index (χ0) is 36.1. The van der Waals surface area contributed by atoms with Gasteiger partial charge in [-0.05, 0) is 118 Å². The molecule has 0 spiro atoms. The Morgan fingerprint density at radius 3 is 2.67 bits per heavy atom. The molecule has 0 bridgehead atoms. The van der Waals surface area contributed by atoms with Crippen molar-refractivity contribution in [2.45, 2.75) is 89.7 Å². The van der Waals surface area contributed by atoms with Crippen LogP contribution < -0.4 is 5.69 Å². The van der Waals surface area contributed by atoms with Crippen molar-refractivity contribution in [1.29, 1.82) is 0 Å². The highest BCUT2D eigenvalue weighted by molar-refractivity contribution is 6.31. The largest absolute Gasteiger partial charge is 0.491 e. The van der Waals surface area contributed by atoms with E-state index in [4.69, 9.17) is 25.8 Å². The highest BCUT2D eigenvalue weighted by Gasteiger charge is 2.45. The molecule has 9 nitrogen and oxygen atoms in total. The number of allylic oxidation sites excluding steroid dienone is 3. The molecular weight excluding hydrogens is 674 g/mol.